The van der Waals surface area contributed by atoms with E-state index in [1.54, 1.807) is 12.3 Å². The van der Waals surface area contributed by atoms with Crippen LogP contribution in [-0.2, 0) is 4.79 Å². The highest BCUT2D eigenvalue weighted by atomic mass is 35.5. The van der Waals surface area contributed by atoms with Gasteiger partial charge in [0.05, 0.1) is 5.69 Å². The molecule has 0 spiro atoms. The van der Waals surface area contributed by atoms with Crippen molar-refractivity contribution >= 4 is 23.6 Å². The Morgan fingerprint density at radius 3 is 2.14 bits per heavy atom. The molecule has 2 rings (SSSR count). The Balaban J connectivity index is 2.32. The van der Waals surface area contributed by atoms with Gasteiger partial charge in [-0.15, -0.1) is 0 Å². The number of benzene rings is 1. The van der Waals surface area contributed by atoms with Crippen molar-refractivity contribution in [3.8, 4) is 11.1 Å². The minimum Gasteiger partial charge on any atom is -0.478 e. The molecule has 0 unspecified atom stereocenters. The highest BCUT2D eigenvalue weighted by Crippen LogP contribution is 2.27. The number of aromatic nitrogens is 1. The summed E-state index contributed by atoms with van der Waals surface area (Å²) in [6.07, 6.45) is 3.35. The molecule has 0 radical (unpaired) electrons. The zero-order chi connectivity index (χ0) is 16.3. The lowest BCUT2D eigenvalue weighted by atomic mass is 9.86. The number of hydrogen-bond acceptors (Lipinski definition) is 2. The molecule has 1 N–H and O–H groups in total. The van der Waals surface area contributed by atoms with E-state index in [0.29, 0.717) is 16.3 Å². The highest BCUT2D eigenvalue weighted by molar-refractivity contribution is 6.30. The van der Waals surface area contributed by atoms with Gasteiger partial charge in [-0.05, 0) is 35.3 Å². The molecule has 0 fully saturated rings. The van der Waals surface area contributed by atoms with Gasteiger partial charge in [-0.25, -0.2) is 4.79 Å². The lowest BCUT2D eigenvalue weighted by Gasteiger charge is -2.19. The fourth-order valence-corrected chi connectivity index (χ4v) is 2.18. The Kier molecular flexibility index (Phi) is 4.67. The normalized spacial score (nSPS) is 12.3. The van der Waals surface area contributed by atoms with E-state index in [9.17, 15) is 9.90 Å². The van der Waals surface area contributed by atoms with Gasteiger partial charge in [0.2, 0.25) is 0 Å². The highest BCUT2D eigenvalue weighted by Gasteiger charge is 2.23. The first-order chi connectivity index (χ1) is 10.3. The van der Waals surface area contributed by atoms with Crippen LogP contribution < -0.4 is 0 Å². The van der Waals surface area contributed by atoms with Gasteiger partial charge in [0, 0.05) is 22.4 Å². The number of carbonyl (C=O) groups is 1. The Hall–Kier alpha value is -2.13. The first-order valence-electron chi connectivity index (χ1n) is 6.95. The van der Waals surface area contributed by atoms with Crippen LogP contribution in [0.25, 0.3) is 17.2 Å². The molecule has 2 aromatic rings. The third kappa shape index (κ3) is 3.95. The zero-order valence-electron chi connectivity index (χ0n) is 12.8. The van der Waals surface area contributed by atoms with Crippen LogP contribution >= 0.6 is 11.6 Å². The minimum atomic E-state index is -0.920. The number of nitrogens with zero attached hydrogens (tertiary/aromatic N) is 1. The molecule has 0 saturated carbocycles. The molecule has 114 valence electrons. The predicted molar refractivity (Wildman–Crippen MR) is 89.8 cm³/mol. The largest absolute Gasteiger partial charge is 0.478 e. The van der Waals surface area contributed by atoms with Crippen molar-refractivity contribution < 1.29 is 9.90 Å². The summed E-state index contributed by atoms with van der Waals surface area (Å²) in [5.41, 5.74) is 2.50. The topological polar surface area (TPSA) is 50.2 Å². The van der Waals surface area contributed by atoms with Gasteiger partial charge in [0.25, 0.3) is 0 Å². The van der Waals surface area contributed by atoms with Crippen molar-refractivity contribution in [3.05, 3.63) is 58.9 Å². The molecular weight excluding hydrogens is 298 g/mol. The summed E-state index contributed by atoms with van der Waals surface area (Å²) in [4.78, 5) is 15.7. The first-order valence-corrected chi connectivity index (χ1v) is 7.32. The van der Waals surface area contributed by atoms with Crippen LogP contribution in [0.3, 0.4) is 0 Å². The average molecular weight is 316 g/mol. The lowest BCUT2D eigenvalue weighted by molar-refractivity contribution is -0.133. The average Bonchev–Trinajstić information content (AvgIpc) is 2.45. The zero-order valence-corrected chi connectivity index (χ0v) is 13.6. The molecule has 0 aliphatic rings. The summed E-state index contributed by atoms with van der Waals surface area (Å²) in [7, 11) is 0. The van der Waals surface area contributed by atoms with Gasteiger partial charge in [-0.1, -0.05) is 50.6 Å². The third-order valence-corrected chi connectivity index (χ3v) is 3.55. The van der Waals surface area contributed by atoms with Crippen LogP contribution in [0.15, 0.2) is 48.2 Å². The van der Waals surface area contributed by atoms with Crippen LogP contribution in [0.4, 0.5) is 0 Å². The smallest absolute Gasteiger partial charge is 0.332 e. The molecule has 0 aliphatic heterocycles. The van der Waals surface area contributed by atoms with Gasteiger partial charge in [-0.3, -0.25) is 4.98 Å². The summed E-state index contributed by atoms with van der Waals surface area (Å²) in [5, 5.41) is 10.0. The number of aliphatic carboxylic acids is 1. The van der Waals surface area contributed by atoms with E-state index >= 15 is 0 Å². The summed E-state index contributed by atoms with van der Waals surface area (Å²) in [5.74, 6) is -0.920. The number of halogens is 1. The van der Waals surface area contributed by atoms with Crippen LogP contribution in [0.1, 0.15) is 26.5 Å². The molecule has 0 saturated heterocycles. The summed E-state index contributed by atoms with van der Waals surface area (Å²) in [6.45, 7) is 5.61. The number of rotatable bonds is 3. The van der Waals surface area contributed by atoms with E-state index in [4.69, 9.17) is 11.6 Å². The second-order valence-corrected chi connectivity index (χ2v) is 6.53. The van der Waals surface area contributed by atoms with E-state index < -0.39 is 11.4 Å². The van der Waals surface area contributed by atoms with E-state index in [2.05, 4.69) is 4.98 Å². The van der Waals surface area contributed by atoms with Crippen LogP contribution in [0.2, 0.25) is 5.02 Å². The predicted octanol–water partition coefficient (Wildman–Crippen LogP) is 4.92. The van der Waals surface area contributed by atoms with Crippen molar-refractivity contribution in [1.82, 2.24) is 4.98 Å². The van der Waals surface area contributed by atoms with E-state index in [0.717, 1.165) is 11.1 Å². The van der Waals surface area contributed by atoms with E-state index in [-0.39, 0.29) is 0 Å². The molecule has 0 aliphatic carbocycles. The molecule has 1 aromatic heterocycles. The summed E-state index contributed by atoms with van der Waals surface area (Å²) >= 11 is 5.87. The second-order valence-electron chi connectivity index (χ2n) is 6.09. The Morgan fingerprint density at radius 2 is 1.68 bits per heavy atom. The molecule has 22 heavy (non-hydrogen) atoms. The van der Waals surface area contributed by atoms with Crippen LogP contribution in [-0.4, -0.2) is 16.1 Å². The number of pyridine rings is 1. The molecular formula is C18H18ClNO2. The van der Waals surface area contributed by atoms with Crippen LogP contribution in [0, 0.1) is 5.41 Å². The van der Waals surface area contributed by atoms with Gasteiger partial charge in [0.1, 0.15) is 0 Å². The quantitative estimate of drug-likeness (QED) is 0.818. The maximum Gasteiger partial charge on any atom is 0.332 e. The molecule has 0 atom stereocenters. The van der Waals surface area contributed by atoms with Crippen LogP contribution in [0.5, 0.6) is 0 Å². The van der Waals surface area contributed by atoms with Gasteiger partial charge >= 0.3 is 5.97 Å². The van der Waals surface area contributed by atoms with Gasteiger partial charge < -0.3 is 5.11 Å². The molecule has 1 aromatic carbocycles. The van der Waals surface area contributed by atoms with Crippen molar-refractivity contribution in [3.63, 3.8) is 0 Å². The van der Waals surface area contributed by atoms with Crippen molar-refractivity contribution in [2.75, 3.05) is 0 Å². The fraction of sp³-hybridized carbons (Fsp3) is 0.222. The maximum absolute atomic E-state index is 11.4. The third-order valence-electron chi connectivity index (χ3n) is 3.29. The van der Waals surface area contributed by atoms with E-state index in [1.165, 1.54) is 0 Å². The monoisotopic (exact) mass is 315 g/mol. The summed E-state index contributed by atoms with van der Waals surface area (Å²) < 4.78 is 0. The minimum absolute atomic E-state index is 0.333. The molecule has 1 heterocycles. The van der Waals surface area contributed by atoms with E-state index in [1.807, 2.05) is 57.2 Å². The molecule has 0 bridgehead atoms. The van der Waals surface area contributed by atoms with Crippen molar-refractivity contribution in [2.45, 2.75) is 20.8 Å². The molecule has 0 amide bonds. The lowest BCUT2D eigenvalue weighted by Crippen LogP contribution is -2.17. The summed E-state index contributed by atoms with van der Waals surface area (Å²) in [6, 6.07) is 11.2. The number of hydrogen-bond donors (Lipinski definition) is 1. The second kappa shape index (κ2) is 6.32. The SMILES string of the molecule is CC(C)(C)C(=Cc1ccc(-c2ccc(Cl)cc2)cn1)C(=O)O. The van der Waals surface area contributed by atoms with Gasteiger partial charge in [-0.2, -0.15) is 0 Å². The van der Waals surface area contributed by atoms with Crippen molar-refractivity contribution in [2.24, 2.45) is 5.41 Å². The number of carboxylic acids is 1. The Bertz CT molecular complexity index is 695. The first kappa shape index (κ1) is 16.2. The Morgan fingerprint density at radius 1 is 1.09 bits per heavy atom. The Labute approximate surface area is 135 Å². The van der Waals surface area contributed by atoms with Crippen molar-refractivity contribution in [1.29, 1.82) is 0 Å². The fourth-order valence-electron chi connectivity index (χ4n) is 2.05. The standard InChI is InChI=1S/C18H18ClNO2/c1-18(2,3)16(17(21)22)10-15-9-6-13(11-20-15)12-4-7-14(19)8-5-12/h4-11H,1-3H3,(H,21,22). The maximum atomic E-state index is 11.4. The number of carboxylic acid groups (broad SMARTS) is 1. The molecule has 3 nitrogen and oxygen atoms in total. The molecule has 4 heteroatoms. The van der Waals surface area contributed by atoms with Gasteiger partial charge in [0.15, 0.2) is 0 Å².